The van der Waals surface area contributed by atoms with Crippen molar-refractivity contribution < 1.29 is 14.3 Å². The lowest BCUT2D eigenvalue weighted by Gasteiger charge is -2.31. The van der Waals surface area contributed by atoms with Gasteiger partial charge in [-0.1, -0.05) is 92.0 Å². The Hall–Kier alpha value is -3.31. The van der Waals surface area contributed by atoms with Crippen molar-refractivity contribution in [3.05, 3.63) is 101 Å². The van der Waals surface area contributed by atoms with Crippen molar-refractivity contribution in [1.29, 1.82) is 0 Å². The van der Waals surface area contributed by atoms with Crippen LogP contribution in [0.4, 0.5) is 0 Å². The molecule has 0 aliphatic carbocycles. The van der Waals surface area contributed by atoms with E-state index >= 15 is 0 Å². The van der Waals surface area contributed by atoms with E-state index in [0.717, 1.165) is 30.4 Å². The third-order valence-corrected chi connectivity index (χ3v) is 5.70. The van der Waals surface area contributed by atoms with Gasteiger partial charge in [-0.2, -0.15) is 0 Å². The van der Waals surface area contributed by atoms with Gasteiger partial charge in [0.1, 0.15) is 11.8 Å². The van der Waals surface area contributed by atoms with Gasteiger partial charge in [0.25, 0.3) is 5.91 Å². The first-order chi connectivity index (χ1) is 16.6. The molecule has 1 atom stereocenters. The highest BCUT2D eigenvalue weighted by molar-refractivity contribution is 6.30. The lowest BCUT2D eigenvalue weighted by atomic mass is 10.0. The van der Waals surface area contributed by atoms with Gasteiger partial charge in [-0.05, 0) is 41.8 Å². The van der Waals surface area contributed by atoms with E-state index in [1.165, 1.54) is 0 Å². The molecule has 5 nitrogen and oxygen atoms in total. The summed E-state index contributed by atoms with van der Waals surface area (Å²) < 4.78 is 5.74. The van der Waals surface area contributed by atoms with E-state index in [2.05, 4.69) is 12.2 Å². The quantitative estimate of drug-likeness (QED) is 0.335. The van der Waals surface area contributed by atoms with Gasteiger partial charge in [-0.15, -0.1) is 0 Å². The van der Waals surface area contributed by atoms with Crippen LogP contribution in [0.5, 0.6) is 5.75 Å². The smallest absolute Gasteiger partial charge is 0.261 e. The van der Waals surface area contributed by atoms with Crippen molar-refractivity contribution in [1.82, 2.24) is 10.2 Å². The van der Waals surface area contributed by atoms with Gasteiger partial charge in [-0.3, -0.25) is 9.59 Å². The molecule has 3 aromatic carbocycles. The zero-order valence-electron chi connectivity index (χ0n) is 19.5. The lowest BCUT2D eigenvalue weighted by Crippen LogP contribution is -2.45. The number of carbonyl (C=O) groups is 2. The Morgan fingerprint density at radius 1 is 0.912 bits per heavy atom. The summed E-state index contributed by atoms with van der Waals surface area (Å²) >= 11 is 6.06. The van der Waals surface area contributed by atoms with E-state index in [0.29, 0.717) is 17.3 Å². The molecule has 0 aliphatic heterocycles. The molecule has 0 fully saturated rings. The minimum atomic E-state index is -0.787. The van der Waals surface area contributed by atoms with Crippen LogP contribution in [0, 0.1) is 0 Å². The van der Waals surface area contributed by atoms with Crippen molar-refractivity contribution >= 4 is 23.4 Å². The van der Waals surface area contributed by atoms with Gasteiger partial charge in [0.05, 0.1) is 0 Å². The first-order valence-electron chi connectivity index (χ1n) is 11.6. The van der Waals surface area contributed by atoms with Crippen molar-refractivity contribution in [2.75, 3.05) is 13.2 Å². The summed E-state index contributed by atoms with van der Waals surface area (Å²) in [5, 5.41) is 3.64. The first kappa shape index (κ1) is 25.3. The molecule has 1 N–H and O–H groups in total. The molecule has 0 aliphatic rings. The number of unbranched alkanes of at least 4 members (excludes halogenated alkanes) is 2. The summed E-state index contributed by atoms with van der Waals surface area (Å²) in [5.41, 5.74) is 1.62. The molecule has 0 spiro atoms. The third-order valence-electron chi connectivity index (χ3n) is 5.45. The molecular formula is C28H31ClN2O3. The average molecular weight is 479 g/mol. The minimum Gasteiger partial charge on any atom is -0.484 e. The summed E-state index contributed by atoms with van der Waals surface area (Å²) in [6.07, 6.45) is 3.00. The molecule has 3 aromatic rings. The third kappa shape index (κ3) is 7.63. The Labute approximate surface area is 206 Å². The lowest BCUT2D eigenvalue weighted by molar-refractivity contribution is -0.143. The van der Waals surface area contributed by atoms with Crippen LogP contribution in [0.25, 0.3) is 0 Å². The number of nitrogens with one attached hydrogen (secondary N) is 1. The highest BCUT2D eigenvalue weighted by Crippen LogP contribution is 2.25. The molecule has 3 rings (SSSR count). The topological polar surface area (TPSA) is 58.6 Å². The van der Waals surface area contributed by atoms with E-state index in [1.807, 2.05) is 60.7 Å². The zero-order valence-corrected chi connectivity index (χ0v) is 20.2. The van der Waals surface area contributed by atoms with Crippen molar-refractivity contribution in [2.24, 2.45) is 0 Å². The standard InChI is InChI=1S/C28H31ClN2O3/c1-2-3-10-19-30-28(33)27(23-11-6-4-7-12-23)31(20-22-15-17-24(29)18-16-22)26(32)21-34-25-13-8-5-9-14-25/h4-9,11-18,27H,2-3,10,19-21H2,1H3,(H,30,33)/t27-/m0/s1. The van der Waals surface area contributed by atoms with Crippen LogP contribution in [0.2, 0.25) is 5.02 Å². The van der Waals surface area contributed by atoms with Crippen LogP contribution in [-0.4, -0.2) is 29.9 Å². The highest BCUT2D eigenvalue weighted by Gasteiger charge is 2.31. The number of nitrogens with zero attached hydrogens (tertiary/aromatic N) is 1. The second kappa shape index (κ2) is 13.4. The number of rotatable bonds is 12. The van der Waals surface area contributed by atoms with Crippen LogP contribution in [0.3, 0.4) is 0 Å². The number of amides is 2. The number of para-hydroxylation sites is 1. The van der Waals surface area contributed by atoms with Gasteiger partial charge in [-0.25, -0.2) is 0 Å². The normalized spacial score (nSPS) is 11.5. The fraction of sp³-hybridized carbons (Fsp3) is 0.286. The second-order valence-corrected chi connectivity index (χ2v) is 8.50. The van der Waals surface area contributed by atoms with Crippen LogP contribution < -0.4 is 10.1 Å². The molecular weight excluding hydrogens is 448 g/mol. The Morgan fingerprint density at radius 2 is 1.56 bits per heavy atom. The van der Waals surface area contributed by atoms with Crippen molar-refractivity contribution in [3.8, 4) is 5.75 Å². The monoisotopic (exact) mass is 478 g/mol. The molecule has 0 unspecified atom stereocenters. The first-order valence-corrected chi connectivity index (χ1v) is 12.0. The van der Waals surface area contributed by atoms with E-state index in [9.17, 15) is 9.59 Å². The Balaban J connectivity index is 1.88. The summed E-state index contributed by atoms with van der Waals surface area (Å²) in [5.74, 6) is 0.114. The Bertz CT molecular complexity index is 1030. The maximum absolute atomic E-state index is 13.5. The van der Waals surface area contributed by atoms with E-state index in [4.69, 9.17) is 16.3 Å². The molecule has 0 heterocycles. The fourth-order valence-electron chi connectivity index (χ4n) is 3.65. The fourth-order valence-corrected chi connectivity index (χ4v) is 3.77. The molecule has 0 saturated heterocycles. The number of ether oxygens (including phenoxy) is 1. The summed E-state index contributed by atoms with van der Waals surface area (Å²) in [7, 11) is 0. The molecule has 2 amide bonds. The van der Waals surface area contributed by atoms with Crippen LogP contribution in [0.15, 0.2) is 84.9 Å². The van der Waals surface area contributed by atoms with Gasteiger partial charge in [0.2, 0.25) is 5.91 Å². The largest absolute Gasteiger partial charge is 0.484 e. The number of halogens is 1. The highest BCUT2D eigenvalue weighted by atomic mass is 35.5. The zero-order chi connectivity index (χ0) is 24.2. The maximum Gasteiger partial charge on any atom is 0.261 e. The Kier molecular flexibility index (Phi) is 9.98. The molecule has 0 radical (unpaired) electrons. The molecule has 178 valence electrons. The molecule has 0 aromatic heterocycles. The van der Waals surface area contributed by atoms with Crippen molar-refractivity contribution in [2.45, 2.75) is 38.8 Å². The second-order valence-electron chi connectivity index (χ2n) is 8.06. The van der Waals surface area contributed by atoms with Gasteiger partial charge >= 0.3 is 0 Å². The predicted octanol–water partition coefficient (Wildman–Crippen LogP) is 5.80. The van der Waals surface area contributed by atoms with Crippen LogP contribution in [-0.2, 0) is 16.1 Å². The number of hydrogen-bond donors (Lipinski definition) is 1. The van der Waals surface area contributed by atoms with Crippen molar-refractivity contribution in [3.63, 3.8) is 0 Å². The number of hydrogen-bond acceptors (Lipinski definition) is 3. The van der Waals surface area contributed by atoms with Crippen LogP contribution >= 0.6 is 11.6 Å². The summed E-state index contributed by atoms with van der Waals surface area (Å²) in [6, 6.07) is 25.1. The maximum atomic E-state index is 13.5. The molecule has 0 bridgehead atoms. The summed E-state index contributed by atoms with van der Waals surface area (Å²) in [4.78, 5) is 28.5. The summed E-state index contributed by atoms with van der Waals surface area (Å²) in [6.45, 7) is 2.76. The van der Waals surface area contributed by atoms with E-state index < -0.39 is 6.04 Å². The Morgan fingerprint density at radius 3 is 2.21 bits per heavy atom. The van der Waals surface area contributed by atoms with Gasteiger partial charge in [0.15, 0.2) is 6.61 Å². The van der Waals surface area contributed by atoms with E-state index in [1.54, 1.807) is 29.2 Å². The molecule has 34 heavy (non-hydrogen) atoms. The molecule has 6 heteroatoms. The number of benzene rings is 3. The van der Waals surface area contributed by atoms with Crippen LogP contribution in [0.1, 0.15) is 43.4 Å². The predicted molar refractivity (Wildman–Crippen MR) is 136 cm³/mol. The minimum absolute atomic E-state index is 0.177. The average Bonchev–Trinajstić information content (AvgIpc) is 2.87. The van der Waals surface area contributed by atoms with E-state index in [-0.39, 0.29) is 25.0 Å². The molecule has 0 saturated carbocycles. The van der Waals surface area contributed by atoms with Gasteiger partial charge in [0, 0.05) is 18.1 Å². The SMILES string of the molecule is CCCCCNC(=O)[C@H](c1ccccc1)N(Cc1ccc(Cl)cc1)C(=O)COc1ccccc1. The van der Waals surface area contributed by atoms with Gasteiger partial charge < -0.3 is 15.0 Å². The number of carbonyl (C=O) groups excluding carboxylic acids is 2.